The van der Waals surface area contributed by atoms with Crippen molar-refractivity contribution in [1.29, 1.82) is 0 Å². The van der Waals surface area contributed by atoms with E-state index < -0.39 is 21.3 Å². The van der Waals surface area contributed by atoms with E-state index in [2.05, 4.69) is 21.2 Å². The standard InChI is InChI=1S/C13H15BrN2O4S/c14-10-3-1-9(2-4-10)12-13(17)15-5-6-16(12)21(18,19)11-7-20-8-11/h1-4,11-12H,5-8H2,(H,15,17). The molecule has 2 fully saturated rings. The van der Waals surface area contributed by atoms with E-state index in [-0.39, 0.29) is 25.7 Å². The van der Waals surface area contributed by atoms with Gasteiger partial charge < -0.3 is 10.1 Å². The van der Waals surface area contributed by atoms with Gasteiger partial charge in [0.15, 0.2) is 0 Å². The van der Waals surface area contributed by atoms with Gasteiger partial charge in [-0.2, -0.15) is 4.31 Å². The van der Waals surface area contributed by atoms with Crippen molar-refractivity contribution in [3.63, 3.8) is 0 Å². The molecule has 6 nitrogen and oxygen atoms in total. The van der Waals surface area contributed by atoms with Crippen LogP contribution in [0, 0.1) is 0 Å². The highest BCUT2D eigenvalue weighted by Crippen LogP contribution is 2.30. The van der Waals surface area contributed by atoms with Crippen molar-refractivity contribution in [2.24, 2.45) is 0 Å². The number of nitrogens with one attached hydrogen (secondary N) is 1. The fourth-order valence-electron chi connectivity index (χ4n) is 2.46. The minimum absolute atomic E-state index is 0.202. The first-order chi connectivity index (χ1) is 10.00. The number of nitrogens with zero attached hydrogens (tertiary/aromatic N) is 1. The highest BCUT2D eigenvalue weighted by Gasteiger charge is 2.44. The number of rotatable bonds is 3. The Kier molecular flexibility index (Phi) is 4.04. The molecule has 1 aromatic carbocycles. The van der Waals surface area contributed by atoms with Crippen LogP contribution in [0.3, 0.4) is 0 Å². The van der Waals surface area contributed by atoms with Gasteiger partial charge in [-0.25, -0.2) is 8.42 Å². The number of sulfonamides is 1. The first-order valence-electron chi connectivity index (χ1n) is 6.62. The second kappa shape index (κ2) is 5.68. The van der Waals surface area contributed by atoms with E-state index in [1.807, 2.05) is 0 Å². The van der Waals surface area contributed by atoms with Crippen LogP contribution in [0.25, 0.3) is 0 Å². The summed E-state index contributed by atoms with van der Waals surface area (Å²) in [4.78, 5) is 12.2. The lowest BCUT2D eigenvalue weighted by Gasteiger charge is -2.38. The van der Waals surface area contributed by atoms with E-state index in [9.17, 15) is 13.2 Å². The molecule has 2 saturated heterocycles. The number of carbonyl (C=O) groups excluding carboxylic acids is 1. The molecule has 21 heavy (non-hydrogen) atoms. The number of carbonyl (C=O) groups is 1. The van der Waals surface area contributed by atoms with Gasteiger partial charge in [0.05, 0.1) is 13.2 Å². The zero-order valence-corrected chi connectivity index (χ0v) is 13.6. The summed E-state index contributed by atoms with van der Waals surface area (Å²) in [6, 6.07) is 6.32. The van der Waals surface area contributed by atoms with Crippen LogP contribution in [-0.2, 0) is 19.6 Å². The first kappa shape index (κ1) is 15.0. The van der Waals surface area contributed by atoms with E-state index in [0.717, 1.165) is 4.47 Å². The molecule has 0 aromatic heterocycles. The van der Waals surface area contributed by atoms with Gasteiger partial charge in [0, 0.05) is 17.6 Å². The normalized spacial score (nSPS) is 24.4. The van der Waals surface area contributed by atoms with Crippen LogP contribution >= 0.6 is 15.9 Å². The molecule has 3 rings (SSSR count). The maximum absolute atomic E-state index is 12.6. The Morgan fingerprint density at radius 1 is 1.24 bits per heavy atom. The topological polar surface area (TPSA) is 75.7 Å². The Morgan fingerprint density at radius 3 is 2.48 bits per heavy atom. The van der Waals surface area contributed by atoms with E-state index in [0.29, 0.717) is 12.1 Å². The van der Waals surface area contributed by atoms with Crippen LogP contribution in [-0.4, -0.2) is 50.2 Å². The lowest BCUT2D eigenvalue weighted by atomic mass is 10.1. The molecule has 1 aromatic rings. The van der Waals surface area contributed by atoms with Crippen LogP contribution in [0.1, 0.15) is 11.6 Å². The Hall–Kier alpha value is -0.960. The maximum Gasteiger partial charge on any atom is 0.243 e. The number of halogens is 1. The number of benzene rings is 1. The second-order valence-corrected chi connectivity index (χ2v) is 8.14. The van der Waals surface area contributed by atoms with Crippen molar-refractivity contribution in [3.05, 3.63) is 34.3 Å². The van der Waals surface area contributed by atoms with E-state index >= 15 is 0 Å². The van der Waals surface area contributed by atoms with E-state index in [1.165, 1.54) is 4.31 Å². The summed E-state index contributed by atoms with van der Waals surface area (Å²) >= 11 is 3.33. The Morgan fingerprint density at radius 2 is 1.90 bits per heavy atom. The summed E-state index contributed by atoms with van der Waals surface area (Å²) in [6.45, 7) is 1.02. The average Bonchev–Trinajstić information content (AvgIpc) is 2.37. The molecule has 0 bridgehead atoms. The molecule has 2 heterocycles. The molecule has 0 saturated carbocycles. The van der Waals surface area contributed by atoms with Crippen molar-refractivity contribution in [2.45, 2.75) is 11.3 Å². The summed E-state index contributed by atoms with van der Waals surface area (Å²) in [5.41, 5.74) is 0.666. The van der Waals surface area contributed by atoms with Crippen molar-refractivity contribution >= 4 is 31.9 Å². The largest absolute Gasteiger partial charge is 0.378 e. The SMILES string of the molecule is O=C1NCCN(S(=O)(=O)C2COC2)C1c1ccc(Br)cc1. The summed E-state index contributed by atoms with van der Waals surface area (Å²) in [6.07, 6.45) is 0. The predicted molar refractivity (Wildman–Crippen MR) is 80.1 cm³/mol. The molecule has 1 N–H and O–H groups in total. The molecule has 2 aliphatic rings. The smallest absolute Gasteiger partial charge is 0.243 e. The Balaban J connectivity index is 1.96. The van der Waals surface area contributed by atoms with Crippen molar-refractivity contribution in [1.82, 2.24) is 9.62 Å². The average molecular weight is 375 g/mol. The summed E-state index contributed by atoms with van der Waals surface area (Å²) in [5.74, 6) is -0.285. The molecule has 1 unspecified atom stereocenters. The number of hydrogen-bond acceptors (Lipinski definition) is 4. The quantitative estimate of drug-likeness (QED) is 0.842. The fraction of sp³-hybridized carbons (Fsp3) is 0.462. The molecular weight excluding hydrogens is 360 g/mol. The third kappa shape index (κ3) is 2.73. The first-order valence-corrected chi connectivity index (χ1v) is 8.91. The zero-order valence-electron chi connectivity index (χ0n) is 11.2. The van der Waals surface area contributed by atoms with E-state index in [1.54, 1.807) is 24.3 Å². The molecule has 0 spiro atoms. The predicted octanol–water partition coefficient (Wildman–Crippen LogP) is 0.651. The van der Waals surface area contributed by atoms with Crippen LogP contribution in [0.2, 0.25) is 0 Å². The molecule has 8 heteroatoms. The molecule has 1 atom stereocenters. The number of amides is 1. The molecule has 0 aliphatic carbocycles. The Bertz CT molecular complexity index is 643. The molecule has 114 valence electrons. The second-order valence-electron chi connectivity index (χ2n) is 5.06. The summed E-state index contributed by atoms with van der Waals surface area (Å²) in [5, 5.41) is 2.19. The Labute approximate surface area is 131 Å². The number of piperazine rings is 1. The number of hydrogen-bond donors (Lipinski definition) is 1. The third-order valence-corrected chi connectivity index (χ3v) is 6.40. The van der Waals surface area contributed by atoms with Gasteiger partial charge in [0.1, 0.15) is 11.3 Å². The highest BCUT2D eigenvalue weighted by atomic mass is 79.9. The summed E-state index contributed by atoms with van der Waals surface area (Å²) < 4.78 is 32.4. The minimum atomic E-state index is -3.53. The van der Waals surface area contributed by atoms with Gasteiger partial charge in [-0.05, 0) is 17.7 Å². The van der Waals surface area contributed by atoms with Gasteiger partial charge >= 0.3 is 0 Å². The van der Waals surface area contributed by atoms with E-state index in [4.69, 9.17) is 4.74 Å². The van der Waals surface area contributed by atoms with Gasteiger partial charge in [-0.1, -0.05) is 28.1 Å². The van der Waals surface area contributed by atoms with Crippen molar-refractivity contribution in [3.8, 4) is 0 Å². The van der Waals surface area contributed by atoms with Gasteiger partial charge in [-0.3, -0.25) is 4.79 Å². The number of ether oxygens (including phenoxy) is 1. The minimum Gasteiger partial charge on any atom is -0.378 e. The molecular formula is C13H15BrN2O4S. The fourth-order valence-corrected chi connectivity index (χ4v) is 4.50. The third-order valence-electron chi connectivity index (χ3n) is 3.71. The van der Waals surface area contributed by atoms with Gasteiger partial charge in [0.25, 0.3) is 0 Å². The van der Waals surface area contributed by atoms with Gasteiger partial charge in [0.2, 0.25) is 15.9 Å². The van der Waals surface area contributed by atoms with Gasteiger partial charge in [-0.15, -0.1) is 0 Å². The van der Waals surface area contributed by atoms with Crippen LogP contribution in [0.4, 0.5) is 0 Å². The lowest BCUT2D eigenvalue weighted by molar-refractivity contribution is -0.127. The highest BCUT2D eigenvalue weighted by molar-refractivity contribution is 9.10. The van der Waals surface area contributed by atoms with Crippen LogP contribution in [0.5, 0.6) is 0 Å². The zero-order chi connectivity index (χ0) is 15.0. The monoisotopic (exact) mass is 374 g/mol. The molecule has 1 amide bonds. The van der Waals surface area contributed by atoms with Crippen LogP contribution < -0.4 is 5.32 Å². The van der Waals surface area contributed by atoms with Crippen LogP contribution in [0.15, 0.2) is 28.7 Å². The lowest BCUT2D eigenvalue weighted by Crippen LogP contribution is -2.57. The van der Waals surface area contributed by atoms with Crippen molar-refractivity contribution in [2.75, 3.05) is 26.3 Å². The summed E-state index contributed by atoms with van der Waals surface area (Å²) in [7, 11) is -3.53. The maximum atomic E-state index is 12.6. The molecule has 0 radical (unpaired) electrons. The van der Waals surface area contributed by atoms with Crippen molar-refractivity contribution < 1.29 is 17.9 Å². The molecule has 2 aliphatic heterocycles.